The van der Waals surface area contributed by atoms with E-state index in [1.807, 2.05) is 37.4 Å². The number of nitrogens with one attached hydrogen (secondary N) is 1. The Kier molecular flexibility index (Phi) is 5.09. The number of rotatable bonds is 7. The summed E-state index contributed by atoms with van der Waals surface area (Å²) < 4.78 is 6.80. The number of ether oxygens (including phenoxy) is 1. The highest BCUT2D eigenvalue weighted by atomic mass is 16.5. The Hall–Kier alpha value is -1.92. The summed E-state index contributed by atoms with van der Waals surface area (Å²) in [5.41, 5.74) is 1.66. The lowest BCUT2D eigenvalue weighted by atomic mass is 10.1. The van der Waals surface area contributed by atoms with Crippen LogP contribution in [0.25, 0.3) is 0 Å². The molecule has 0 radical (unpaired) electrons. The van der Waals surface area contributed by atoms with E-state index >= 15 is 0 Å². The summed E-state index contributed by atoms with van der Waals surface area (Å²) in [4.78, 5) is 0. The van der Waals surface area contributed by atoms with Crippen molar-refractivity contribution >= 4 is 0 Å². The summed E-state index contributed by atoms with van der Waals surface area (Å²) in [7, 11) is 1.61. The van der Waals surface area contributed by atoms with Crippen LogP contribution in [0.3, 0.4) is 0 Å². The molecule has 0 aliphatic heterocycles. The van der Waals surface area contributed by atoms with E-state index in [1.54, 1.807) is 11.8 Å². The number of benzene rings is 1. The number of nitrogens with zero attached hydrogens (tertiary/aromatic N) is 3. The van der Waals surface area contributed by atoms with Gasteiger partial charge in [0.25, 0.3) is 0 Å². The lowest BCUT2D eigenvalue weighted by Crippen LogP contribution is -2.12. The lowest BCUT2D eigenvalue weighted by molar-refractivity contribution is 0.150. The molecule has 2 aromatic rings. The van der Waals surface area contributed by atoms with Gasteiger partial charge in [-0.1, -0.05) is 24.3 Å². The van der Waals surface area contributed by atoms with Gasteiger partial charge in [0.1, 0.15) is 5.75 Å². The average Bonchev–Trinajstić information content (AvgIpc) is 2.92. The summed E-state index contributed by atoms with van der Waals surface area (Å²) in [6.45, 7) is 3.98. The number of aromatic nitrogens is 3. The first-order valence-corrected chi connectivity index (χ1v) is 6.64. The van der Waals surface area contributed by atoms with Gasteiger partial charge in [-0.2, -0.15) is 0 Å². The van der Waals surface area contributed by atoms with E-state index in [2.05, 4.69) is 15.6 Å². The van der Waals surface area contributed by atoms with Crippen molar-refractivity contribution in [2.45, 2.75) is 26.1 Å². The molecule has 1 aromatic heterocycles. The fraction of sp³-hybridized carbons (Fsp3) is 0.429. The predicted octanol–water partition coefficient (Wildman–Crippen LogP) is 1.13. The molecule has 0 aliphatic carbocycles. The smallest absolute Gasteiger partial charge is 0.119 e. The van der Waals surface area contributed by atoms with Gasteiger partial charge in [-0.15, -0.1) is 5.10 Å². The molecule has 1 unspecified atom stereocenters. The quantitative estimate of drug-likeness (QED) is 0.793. The van der Waals surface area contributed by atoms with Gasteiger partial charge in [0.2, 0.25) is 0 Å². The molecule has 1 aromatic carbocycles. The average molecular weight is 276 g/mol. The molecular formula is C14H20N4O2. The Bertz CT molecular complexity index is 541. The Labute approximate surface area is 118 Å². The Morgan fingerprint density at radius 3 is 3.05 bits per heavy atom. The van der Waals surface area contributed by atoms with Crippen molar-refractivity contribution in [3.8, 4) is 5.75 Å². The van der Waals surface area contributed by atoms with Gasteiger partial charge >= 0.3 is 0 Å². The number of hydrogen-bond acceptors (Lipinski definition) is 5. The van der Waals surface area contributed by atoms with Crippen molar-refractivity contribution in [1.82, 2.24) is 20.3 Å². The minimum Gasteiger partial charge on any atom is -0.497 e. The normalized spacial score (nSPS) is 12.3. The summed E-state index contributed by atoms with van der Waals surface area (Å²) in [5.74, 6) is 0.730. The highest BCUT2D eigenvalue weighted by molar-refractivity contribution is 5.29. The van der Waals surface area contributed by atoms with Gasteiger partial charge in [0.15, 0.2) is 0 Å². The van der Waals surface area contributed by atoms with Crippen LogP contribution < -0.4 is 10.1 Å². The van der Waals surface area contributed by atoms with Crippen LogP contribution >= 0.6 is 0 Å². The summed E-state index contributed by atoms with van der Waals surface area (Å²) in [5, 5.41) is 21.5. The highest BCUT2D eigenvalue weighted by Gasteiger charge is 2.10. The Morgan fingerprint density at radius 2 is 2.30 bits per heavy atom. The molecule has 0 bridgehead atoms. The van der Waals surface area contributed by atoms with E-state index in [4.69, 9.17) is 4.74 Å². The van der Waals surface area contributed by atoms with E-state index < -0.39 is 6.10 Å². The number of hydrogen-bond donors (Lipinski definition) is 2. The van der Waals surface area contributed by atoms with Crippen molar-refractivity contribution in [2.24, 2.45) is 0 Å². The van der Waals surface area contributed by atoms with Crippen LogP contribution in [0, 0.1) is 0 Å². The summed E-state index contributed by atoms with van der Waals surface area (Å²) in [6.07, 6.45) is 1.20. The monoisotopic (exact) mass is 276 g/mol. The molecule has 0 spiro atoms. The van der Waals surface area contributed by atoms with Crippen molar-refractivity contribution in [3.63, 3.8) is 0 Å². The highest BCUT2D eigenvalue weighted by Crippen LogP contribution is 2.20. The van der Waals surface area contributed by atoms with Crippen LogP contribution in [-0.2, 0) is 13.1 Å². The first-order chi connectivity index (χ1) is 9.72. The molecule has 0 amide bonds. The number of aliphatic hydroxyl groups is 1. The molecular weight excluding hydrogens is 256 g/mol. The topological polar surface area (TPSA) is 72.2 Å². The van der Waals surface area contributed by atoms with E-state index in [-0.39, 0.29) is 0 Å². The third-order valence-corrected chi connectivity index (χ3v) is 2.98. The van der Waals surface area contributed by atoms with Gasteiger partial charge < -0.3 is 15.2 Å². The second kappa shape index (κ2) is 7.02. The zero-order chi connectivity index (χ0) is 14.4. The van der Waals surface area contributed by atoms with E-state index in [1.165, 1.54) is 0 Å². The van der Waals surface area contributed by atoms with Crippen LogP contribution in [0.2, 0.25) is 0 Å². The number of aliphatic hydroxyl groups excluding tert-OH is 1. The third-order valence-electron chi connectivity index (χ3n) is 2.98. The molecule has 6 nitrogen and oxygen atoms in total. The SMILES string of the molecule is CCNCc1cn(CC(O)c2cccc(OC)c2)nn1. The Balaban J connectivity index is 1.99. The molecule has 2 N–H and O–H groups in total. The number of methoxy groups -OCH3 is 1. The predicted molar refractivity (Wildman–Crippen MR) is 75.4 cm³/mol. The summed E-state index contributed by atoms with van der Waals surface area (Å²) in [6, 6.07) is 7.39. The standard InChI is InChI=1S/C14H20N4O2/c1-3-15-8-12-9-18(17-16-12)10-14(19)11-5-4-6-13(7-11)20-2/h4-7,9,14-15,19H,3,8,10H2,1-2H3. The molecule has 0 saturated heterocycles. The zero-order valence-electron chi connectivity index (χ0n) is 11.8. The van der Waals surface area contributed by atoms with Crippen LogP contribution in [0.4, 0.5) is 0 Å². The summed E-state index contributed by atoms with van der Waals surface area (Å²) >= 11 is 0. The fourth-order valence-corrected chi connectivity index (χ4v) is 1.89. The van der Waals surface area contributed by atoms with Crippen LogP contribution in [0.15, 0.2) is 30.5 Å². The zero-order valence-corrected chi connectivity index (χ0v) is 11.8. The molecule has 108 valence electrons. The lowest BCUT2D eigenvalue weighted by Gasteiger charge is -2.11. The van der Waals surface area contributed by atoms with Gasteiger partial charge in [-0.05, 0) is 24.2 Å². The third kappa shape index (κ3) is 3.79. The molecule has 1 atom stereocenters. The first kappa shape index (κ1) is 14.5. The van der Waals surface area contributed by atoms with Gasteiger partial charge in [-0.3, -0.25) is 0 Å². The second-order valence-electron chi connectivity index (χ2n) is 4.50. The van der Waals surface area contributed by atoms with Crippen molar-refractivity contribution in [3.05, 3.63) is 41.7 Å². The maximum Gasteiger partial charge on any atom is 0.119 e. The minimum atomic E-state index is -0.640. The van der Waals surface area contributed by atoms with Crippen molar-refractivity contribution < 1.29 is 9.84 Å². The fourth-order valence-electron chi connectivity index (χ4n) is 1.89. The van der Waals surface area contributed by atoms with Crippen molar-refractivity contribution in [2.75, 3.05) is 13.7 Å². The van der Waals surface area contributed by atoms with Gasteiger partial charge in [0, 0.05) is 12.7 Å². The second-order valence-corrected chi connectivity index (χ2v) is 4.50. The maximum absolute atomic E-state index is 10.2. The van der Waals surface area contributed by atoms with Crippen LogP contribution in [0.1, 0.15) is 24.3 Å². The molecule has 6 heteroatoms. The molecule has 1 heterocycles. The van der Waals surface area contributed by atoms with Crippen LogP contribution in [-0.4, -0.2) is 33.8 Å². The Morgan fingerprint density at radius 1 is 1.45 bits per heavy atom. The molecule has 2 rings (SSSR count). The van der Waals surface area contributed by atoms with Crippen LogP contribution in [0.5, 0.6) is 5.75 Å². The largest absolute Gasteiger partial charge is 0.497 e. The van der Waals surface area contributed by atoms with E-state index in [0.717, 1.165) is 23.6 Å². The van der Waals surface area contributed by atoms with E-state index in [0.29, 0.717) is 13.1 Å². The molecule has 20 heavy (non-hydrogen) atoms. The van der Waals surface area contributed by atoms with E-state index in [9.17, 15) is 5.11 Å². The minimum absolute atomic E-state index is 0.367. The van der Waals surface area contributed by atoms with Crippen molar-refractivity contribution in [1.29, 1.82) is 0 Å². The maximum atomic E-state index is 10.2. The first-order valence-electron chi connectivity index (χ1n) is 6.64. The molecule has 0 saturated carbocycles. The molecule has 0 aliphatic rings. The van der Waals surface area contributed by atoms with Gasteiger partial charge in [0.05, 0.1) is 25.5 Å². The van der Waals surface area contributed by atoms with Gasteiger partial charge in [-0.25, -0.2) is 4.68 Å². The molecule has 0 fully saturated rings.